The van der Waals surface area contributed by atoms with E-state index >= 15 is 0 Å². The minimum atomic E-state index is 0. The summed E-state index contributed by atoms with van der Waals surface area (Å²) in [5, 5.41) is 7.14. The largest absolute Gasteiger partial charge is 0.399 e. The third-order valence-corrected chi connectivity index (χ3v) is 3.91. The molecular weight excluding hydrogens is 307 g/mol. The fraction of sp³-hybridized carbons (Fsp3) is 0.400. The molecule has 3 rings (SSSR count). The van der Waals surface area contributed by atoms with E-state index < -0.39 is 0 Å². The molecule has 2 heterocycles. The molecule has 0 atom stereocenters. The molecule has 0 bridgehead atoms. The second kappa shape index (κ2) is 8.27. The Kier molecular flexibility index (Phi) is 7.02. The second-order valence-corrected chi connectivity index (χ2v) is 5.31. The molecule has 6 heteroatoms. The van der Waals surface area contributed by atoms with Crippen molar-refractivity contribution in [3.05, 3.63) is 47.8 Å². The zero-order valence-corrected chi connectivity index (χ0v) is 13.5. The van der Waals surface area contributed by atoms with Gasteiger partial charge in [0.25, 0.3) is 0 Å². The molecule has 1 saturated heterocycles. The molecule has 1 fully saturated rings. The number of piperidine rings is 1. The predicted octanol–water partition coefficient (Wildman–Crippen LogP) is 3.22. The van der Waals surface area contributed by atoms with Crippen LogP contribution in [0.2, 0.25) is 0 Å². The van der Waals surface area contributed by atoms with Gasteiger partial charge in [-0.1, -0.05) is 12.1 Å². The number of nitrogens with two attached hydrogens (primary N) is 1. The maximum atomic E-state index is 5.82. The van der Waals surface area contributed by atoms with Crippen LogP contribution in [0.3, 0.4) is 0 Å². The van der Waals surface area contributed by atoms with Gasteiger partial charge < -0.3 is 5.73 Å². The van der Waals surface area contributed by atoms with Crippen molar-refractivity contribution in [2.45, 2.75) is 25.3 Å². The number of hydrogen-bond acceptors (Lipinski definition) is 3. The Bertz CT molecular complexity index is 522. The summed E-state index contributed by atoms with van der Waals surface area (Å²) >= 11 is 0. The highest BCUT2D eigenvalue weighted by atomic mass is 35.5. The molecule has 0 spiro atoms. The van der Waals surface area contributed by atoms with Crippen LogP contribution in [0.15, 0.2) is 36.5 Å². The minimum absolute atomic E-state index is 0. The quantitative estimate of drug-likeness (QED) is 0.850. The summed E-state index contributed by atoms with van der Waals surface area (Å²) in [7, 11) is 0. The Labute approximate surface area is 137 Å². The summed E-state index contributed by atoms with van der Waals surface area (Å²) in [4.78, 5) is 2.50. The summed E-state index contributed by atoms with van der Waals surface area (Å²) in [6.07, 6.45) is 4.24. The monoisotopic (exact) mass is 328 g/mol. The molecule has 116 valence electrons. The zero-order chi connectivity index (χ0) is 13.1. The summed E-state index contributed by atoms with van der Waals surface area (Å²) < 4.78 is 0. The van der Waals surface area contributed by atoms with E-state index in [1.807, 2.05) is 18.3 Å². The zero-order valence-electron chi connectivity index (χ0n) is 11.9. The standard InChI is InChI=1S/C15H20N4.2ClH/c16-14-3-1-2-12(10-14)11-19-8-5-13(6-9-19)15-4-7-17-18-15;;/h1-4,7,10,13H,5-6,8-9,11,16H2,(H,17,18);2*1H. The maximum Gasteiger partial charge on any atom is 0.0490 e. The Balaban J connectivity index is 0.00000110. The number of rotatable bonds is 3. The lowest BCUT2D eigenvalue weighted by molar-refractivity contribution is 0.203. The molecule has 4 nitrogen and oxygen atoms in total. The van der Waals surface area contributed by atoms with Crippen LogP contribution < -0.4 is 5.73 Å². The van der Waals surface area contributed by atoms with Crippen molar-refractivity contribution in [3.8, 4) is 0 Å². The molecule has 1 aliphatic heterocycles. The Morgan fingerprint density at radius 3 is 2.57 bits per heavy atom. The number of anilines is 1. The molecule has 1 aliphatic rings. The van der Waals surface area contributed by atoms with Gasteiger partial charge in [0.15, 0.2) is 0 Å². The van der Waals surface area contributed by atoms with E-state index in [1.54, 1.807) is 0 Å². The Hall–Kier alpha value is -1.23. The number of H-pyrrole nitrogens is 1. The first-order valence-corrected chi connectivity index (χ1v) is 6.87. The van der Waals surface area contributed by atoms with Gasteiger partial charge in [-0.25, -0.2) is 0 Å². The SMILES string of the molecule is Cl.Cl.Nc1cccc(CN2CCC(c3ccn[nH]3)CC2)c1. The van der Waals surface area contributed by atoms with Gasteiger partial charge in [0.05, 0.1) is 0 Å². The average Bonchev–Trinajstić information content (AvgIpc) is 2.94. The van der Waals surface area contributed by atoms with Gasteiger partial charge in [0.2, 0.25) is 0 Å². The summed E-state index contributed by atoms with van der Waals surface area (Å²) in [5.41, 5.74) is 9.26. The van der Waals surface area contributed by atoms with E-state index in [-0.39, 0.29) is 24.8 Å². The van der Waals surface area contributed by atoms with Crippen LogP contribution in [0.5, 0.6) is 0 Å². The molecular formula is C15H22Cl2N4. The van der Waals surface area contributed by atoms with Gasteiger partial charge in [-0.3, -0.25) is 10.00 Å². The second-order valence-electron chi connectivity index (χ2n) is 5.31. The number of aromatic amines is 1. The molecule has 2 aromatic rings. The third-order valence-electron chi connectivity index (χ3n) is 3.91. The summed E-state index contributed by atoms with van der Waals surface area (Å²) in [6.45, 7) is 3.28. The van der Waals surface area contributed by atoms with Crippen molar-refractivity contribution in [1.82, 2.24) is 15.1 Å². The molecule has 1 aromatic carbocycles. The Morgan fingerprint density at radius 2 is 1.95 bits per heavy atom. The highest BCUT2D eigenvalue weighted by molar-refractivity contribution is 5.85. The van der Waals surface area contributed by atoms with Gasteiger partial charge in [-0.05, 0) is 49.7 Å². The van der Waals surface area contributed by atoms with Gasteiger partial charge in [-0.2, -0.15) is 5.10 Å². The van der Waals surface area contributed by atoms with Gasteiger partial charge >= 0.3 is 0 Å². The first-order valence-electron chi connectivity index (χ1n) is 6.87. The van der Waals surface area contributed by atoms with Crippen molar-refractivity contribution >= 4 is 30.5 Å². The predicted molar refractivity (Wildman–Crippen MR) is 91.2 cm³/mol. The lowest BCUT2D eigenvalue weighted by Gasteiger charge is -2.31. The lowest BCUT2D eigenvalue weighted by atomic mass is 9.93. The third kappa shape index (κ3) is 4.63. The number of nitrogens with zero attached hydrogens (tertiary/aromatic N) is 2. The minimum Gasteiger partial charge on any atom is -0.399 e. The van der Waals surface area contributed by atoms with Crippen LogP contribution in [0.1, 0.15) is 30.0 Å². The van der Waals surface area contributed by atoms with Crippen LogP contribution in [0.4, 0.5) is 5.69 Å². The molecule has 0 amide bonds. The topological polar surface area (TPSA) is 57.9 Å². The first-order chi connectivity index (χ1) is 9.31. The molecule has 0 aliphatic carbocycles. The van der Waals surface area contributed by atoms with Crippen molar-refractivity contribution in [2.24, 2.45) is 0 Å². The number of nitrogen functional groups attached to an aromatic ring is 1. The number of aromatic nitrogens is 2. The fourth-order valence-corrected chi connectivity index (χ4v) is 2.85. The summed E-state index contributed by atoms with van der Waals surface area (Å²) in [6, 6.07) is 10.3. The summed E-state index contributed by atoms with van der Waals surface area (Å²) in [5.74, 6) is 0.639. The van der Waals surface area contributed by atoms with Crippen LogP contribution in [0.25, 0.3) is 0 Å². The van der Waals surface area contributed by atoms with Crippen molar-refractivity contribution < 1.29 is 0 Å². The molecule has 1 aromatic heterocycles. The first kappa shape index (κ1) is 17.8. The number of nitrogens with one attached hydrogen (secondary N) is 1. The maximum absolute atomic E-state index is 5.82. The molecule has 0 radical (unpaired) electrons. The number of likely N-dealkylation sites (tertiary alicyclic amines) is 1. The van der Waals surface area contributed by atoms with Crippen LogP contribution in [-0.4, -0.2) is 28.2 Å². The van der Waals surface area contributed by atoms with E-state index in [1.165, 1.54) is 24.1 Å². The smallest absolute Gasteiger partial charge is 0.0490 e. The molecule has 0 saturated carbocycles. The highest BCUT2D eigenvalue weighted by Gasteiger charge is 2.21. The van der Waals surface area contributed by atoms with E-state index in [9.17, 15) is 0 Å². The van der Waals surface area contributed by atoms with Crippen molar-refractivity contribution in [3.63, 3.8) is 0 Å². The molecule has 21 heavy (non-hydrogen) atoms. The van der Waals surface area contributed by atoms with E-state index in [4.69, 9.17) is 5.73 Å². The van der Waals surface area contributed by atoms with Gasteiger partial charge in [-0.15, -0.1) is 24.8 Å². The highest BCUT2D eigenvalue weighted by Crippen LogP contribution is 2.27. The normalized spacial score (nSPS) is 16.0. The number of benzene rings is 1. The van der Waals surface area contributed by atoms with Crippen molar-refractivity contribution in [1.29, 1.82) is 0 Å². The fourth-order valence-electron chi connectivity index (χ4n) is 2.85. The average molecular weight is 329 g/mol. The Morgan fingerprint density at radius 1 is 1.19 bits per heavy atom. The lowest BCUT2D eigenvalue weighted by Crippen LogP contribution is -2.32. The van der Waals surface area contributed by atoms with Crippen LogP contribution >= 0.6 is 24.8 Å². The molecule has 0 unspecified atom stereocenters. The van der Waals surface area contributed by atoms with E-state index in [0.717, 1.165) is 25.3 Å². The molecule has 3 N–H and O–H groups in total. The van der Waals surface area contributed by atoms with Gasteiger partial charge in [0, 0.05) is 30.0 Å². The van der Waals surface area contributed by atoms with E-state index in [2.05, 4.69) is 33.3 Å². The van der Waals surface area contributed by atoms with Crippen LogP contribution in [0, 0.1) is 0 Å². The van der Waals surface area contributed by atoms with Crippen LogP contribution in [-0.2, 0) is 6.54 Å². The number of hydrogen-bond donors (Lipinski definition) is 2. The van der Waals surface area contributed by atoms with Gasteiger partial charge in [0.1, 0.15) is 0 Å². The number of halogens is 2. The van der Waals surface area contributed by atoms with Crippen molar-refractivity contribution in [2.75, 3.05) is 18.8 Å². The van der Waals surface area contributed by atoms with E-state index in [0.29, 0.717) is 5.92 Å².